The molecule has 4 rings (SSSR count). The maximum Gasteiger partial charge on any atom is 0.283 e. The fourth-order valence-electron chi connectivity index (χ4n) is 3.11. The van der Waals surface area contributed by atoms with Gasteiger partial charge in [0.2, 0.25) is 0 Å². The monoisotopic (exact) mass is 418 g/mol. The van der Waals surface area contributed by atoms with E-state index in [4.69, 9.17) is 0 Å². The molecule has 0 unspecified atom stereocenters. The molecular weight excluding hydrogens is 399 g/mol. The van der Waals surface area contributed by atoms with E-state index < -0.39 is 17.6 Å². The number of carbonyl (C=O) groups is 2. The van der Waals surface area contributed by atoms with Crippen LogP contribution >= 0.6 is 11.8 Å². The van der Waals surface area contributed by atoms with E-state index in [2.05, 4.69) is 12.2 Å². The summed E-state index contributed by atoms with van der Waals surface area (Å²) in [4.78, 5) is 28.6. The van der Waals surface area contributed by atoms with E-state index in [1.165, 1.54) is 41.6 Å². The first-order valence-corrected chi connectivity index (χ1v) is 10.4. The highest BCUT2D eigenvalue weighted by Crippen LogP contribution is 2.37. The highest BCUT2D eigenvalue weighted by atomic mass is 32.2. The van der Waals surface area contributed by atoms with Crippen molar-refractivity contribution in [3.05, 3.63) is 101 Å². The number of hydrogen-bond donors (Lipinski definition) is 1. The number of thioether (sulfide) groups is 1. The minimum absolute atomic E-state index is 0.211. The smallest absolute Gasteiger partial charge is 0.283 e. The lowest BCUT2D eigenvalue weighted by Crippen LogP contribution is -2.32. The average molecular weight is 418 g/mol. The number of anilines is 2. The lowest BCUT2D eigenvalue weighted by atomic mass is 10.1. The number of imide groups is 1. The maximum absolute atomic E-state index is 13.3. The number of aryl methyl sites for hydroxylation is 1. The predicted molar refractivity (Wildman–Crippen MR) is 118 cm³/mol. The first kappa shape index (κ1) is 19.9. The Morgan fingerprint density at radius 1 is 0.867 bits per heavy atom. The number of nitrogens with one attached hydrogen (secondary N) is 1. The lowest BCUT2D eigenvalue weighted by Gasteiger charge is -2.15. The van der Waals surface area contributed by atoms with Gasteiger partial charge in [-0.2, -0.15) is 0 Å². The average Bonchev–Trinajstić information content (AvgIpc) is 3.00. The van der Waals surface area contributed by atoms with Gasteiger partial charge in [0, 0.05) is 10.6 Å². The summed E-state index contributed by atoms with van der Waals surface area (Å²) in [7, 11) is 0. The van der Waals surface area contributed by atoms with Crippen molar-refractivity contribution < 1.29 is 14.0 Å². The molecule has 0 saturated heterocycles. The van der Waals surface area contributed by atoms with Crippen molar-refractivity contribution in [2.24, 2.45) is 0 Å². The van der Waals surface area contributed by atoms with E-state index >= 15 is 0 Å². The number of nitrogens with zero attached hydrogens (tertiary/aromatic N) is 1. The van der Waals surface area contributed by atoms with Crippen LogP contribution < -0.4 is 10.2 Å². The van der Waals surface area contributed by atoms with Gasteiger partial charge in [0.15, 0.2) is 0 Å². The SMILES string of the molecule is CCc1ccc(NC2=C(Sc3ccccc3)C(=O)N(c3ccc(F)cc3)C2=O)cc1. The predicted octanol–water partition coefficient (Wildman–Crippen LogP) is 5.38. The van der Waals surface area contributed by atoms with Gasteiger partial charge in [0.1, 0.15) is 16.4 Å². The number of halogens is 1. The molecule has 1 aliphatic rings. The van der Waals surface area contributed by atoms with Gasteiger partial charge in [0.25, 0.3) is 11.8 Å². The molecule has 150 valence electrons. The molecule has 30 heavy (non-hydrogen) atoms. The van der Waals surface area contributed by atoms with Crippen LogP contribution in [0.25, 0.3) is 0 Å². The molecule has 3 aromatic carbocycles. The number of rotatable bonds is 6. The molecule has 0 saturated carbocycles. The van der Waals surface area contributed by atoms with Crippen molar-refractivity contribution in [3.63, 3.8) is 0 Å². The van der Waals surface area contributed by atoms with Crippen molar-refractivity contribution in [2.75, 3.05) is 10.2 Å². The first-order chi connectivity index (χ1) is 14.6. The Labute approximate surface area is 178 Å². The topological polar surface area (TPSA) is 49.4 Å². The molecule has 1 heterocycles. The third kappa shape index (κ3) is 4.00. The number of benzene rings is 3. The molecule has 0 aliphatic carbocycles. The van der Waals surface area contributed by atoms with E-state index in [-0.39, 0.29) is 5.70 Å². The van der Waals surface area contributed by atoms with Gasteiger partial charge >= 0.3 is 0 Å². The molecule has 2 amide bonds. The molecule has 1 N–H and O–H groups in total. The van der Waals surface area contributed by atoms with Crippen molar-refractivity contribution in [2.45, 2.75) is 18.2 Å². The summed E-state index contributed by atoms with van der Waals surface area (Å²) in [6.07, 6.45) is 0.911. The third-order valence-electron chi connectivity index (χ3n) is 4.72. The fourth-order valence-corrected chi connectivity index (χ4v) is 4.06. The van der Waals surface area contributed by atoms with E-state index in [1.807, 2.05) is 54.6 Å². The standard InChI is InChI=1S/C24H19FN2O2S/c1-2-16-8-12-18(13-9-16)26-21-22(30-20-6-4-3-5-7-20)24(29)27(23(21)28)19-14-10-17(25)11-15-19/h3-15,26H,2H2,1H3. The second-order valence-electron chi connectivity index (χ2n) is 6.72. The Kier molecular flexibility index (Phi) is 5.68. The molecule has 0 bridgehead atoms. The van der Waals surface area contributed by atoms with Crippen LogP contribution in [-0.2, 0) is 16.0 Å². The van der Waals surface area contributed by atoms with Crippen LogP contribution in [0.5, 0.6) is 0 Å². The first-order valence-electron chi connectivity index (χ1n) is 9.54. The molecule has 3 aromatic rings. The summed E-state index contributed by atoms with van der Waals surface area (Å²) < 4.78 is 13.3. The Morgan fingerprint density at radius 2 is 1.53 bits per heavy atom. The summed E-state index contributed by atoms with van der Waals surface area (Å²) in [5.41, 5.74) is 2.43. The summed E-state index contributed by atoms with van der Waals surface area (Å²) >= 11 is 1.23. The zero-order chi connectivity index (χ0) is 21.1. The Morgan fingerprint density at radius 3 is 2.17 bits per heavy atom. The summed E-state index contributed by atoms with van der Waals surface area (Å²) in [6.45, 7) is 2.07. The van der Waals surface area contributed by atoms with Gasteiger partial charge in [-0.1, -0.05) is 49.0 Å². The zero-order valence-electron chi connectivity index (χ0n) is 16.3. The van der Waals surface area contributed by atoms with Crippen LogP contribution in [0.4, 0.5) is 15.8 Å². The number of carbonyl (C=O) groups excluding carboxylic acids is 2. The lowest BCUT2D eigenvalue weighted by molar-refractivity contribution is -0.120. The van der Waals surface area contributed by atoms with E-state index in [1.54, 1.807) is 0 Å². The van der Waals surface area contributed by atoms with Crippen LogP contribution in [0.1, 0.15) is 12.5 Å². The minimum atomic E-state index is -0.468. The van der Waals surface area contributed by atoms with Gasteiger partial charge in [-0.15, -0.1) is 0 Å². The maximum atomic E-state index is 13.3. The molecule has 0 atom stereocenters. The molecule has 0 spiro atoms. The normalized spacial score (nSPS) is 13.9. The van der Waals surface area contributed by atoms with Gasteiger partial charge in [-0.05, 0) is 60.5 Å². The second kappa shape index (κ2) is 8.55. The van der Waals surface area contributed by atoms with Crippen molar-refractivity contribution in [1.82, 2.24) is 0 Å². The van der Waals surface area contributed by atoms with Crippen LogP contribution in [0.2, 0.25) is 0 Å². The van der Waals surface area contributed by atoms with Gasteiger partial charge in [0.05, 0.1) is 5.69 Å². The summed E-state index contributed by atoms with van der Waals surface area (Å²) in [6, 6.07) is 22.4. The van der Waals surface area contributed by atoms with Gasteiger partial charge < -0.3 is 5.32 Å². The highest BCUT2D eigenvalue weighted by Gasteiger charge is 2.40. The van der Waals surface area contributed by atoms with Crippen molar-refractivity contribution in [1.29, 1.82) is 0 Å². The molecular formula is C24H19FN2O2S. The molecule has 0 fully saturated rings. The van der Waals surface area contributed by atoms with Crippen LogP contribution in [0, 0.1) is 5.82 Å². The van der Waals surface area contributed by atoms with Gasteiger partial charge in [-0.3, -0.25) is 9.59 Å². The van der Waals surface area contributed by atoms with Crippen LogP contribution in [0.15, 0.2) is 94.4 Å². The number of amides is 2. The van der Waals surface area contributed by atoms with E-state index in [0.717, 1.165) is 21.9 Å². The summed E-state index contributed by atoms with van der Waals surface area (Å²) in [5.74, 6) is -1.34. The molecule has 4 nitrogen and oxygen atoms in total. The minimum Gasteiger partial charge on any atom is -0.350 e. The Balaban J connectivity index is 1.71. The highest BCUT2D eigenvalue weighted by molar-refractivity contribution is 8.04. The van der Waals surface area contributed by atoms with E-state index in [9.17, 15) is 14.0 Å². The van der Waals surface area contributed by atoms with Crippen LogP contribution in [-0.4, -0.2) is 11.8 Å². The van der Waals surface area contributed by atoms with Gasteiger partial charge in [-0.25, -0.2) is 9.29 Å². The van der Waals surface area contributed by atoms with Crippen molar-refractivity contribution >= 4 is 35.0 Å². The fraction of sp³-hybridized carbons (Fsp3) is 0.0833. The second-order valence-corrected chi connectivity index (χ2v) is 7.80. The number of hydrogen-bond acceptors (Lipinski definition) is 4. The Hall–Kier alpha value is -3.38. The van der Waals surface area contributed by atoms with E-state index in [0.29, 0.717) is 10.6 Å². The van der Waals surface area contributed by atoms with Crippen LogP contribution in [0.3, 0.4) is 0 Å². The largest absolute Gasteiger partial charge is 0.350 e. The zero-order valence-corrected chi connectivity index (χ0v) is 17.1. The quantitative estimate of drug-likeness (QED) is 0.546. The molecule has 1 aliphatic heterocycles. The molecule has 6 heteroatoms. The van der Waals surface area contributed by atoms with Crippen molar-refractivity contribution in [3.8, 4) is 0 Å². The Bertz CT molecular complexity index is 1110. The third-order valence-corrected chi connectivity index (χ3v) is 5.81. The molecule has 0 aromatic heterocycles. The summed E-state index contributed by atoms with van der Waals surface area (Å²) in [5, 5.41) is 3.13. The molecule has 0 radical (unpaired) electrons.